The molecule has 0 saturated heterocycles. The van der Waals surface area contributed by atoms with Crippen LogP contribution in [0.15, 0.2) is 10.9 Å². The summed E-state index contributed by atoms with van der Waals surface area (Å²) >= 11 is 0. The van der Waals surface area contributed by atoms with E-state index in [-0.39, 0.29) is 23.8 Å². The minimum atomic E-state index is -0.711. The van der Waals surface area contributed by atoms with E-state index in [9.17, 15) is 14.4 Å². The maximum absolute atomic E-state index is 12.4. The van der Waals surface area contributed by atoms with Crippen LogP contribution < -0.4 is 5.56 Å². The van der Waals surface area contributed by atoms with Crippen LogP contribution in [0.1, 0.15) is 52.2 Å². The Kier molecular flexibility index (Phi) is 3.92. The zero-order valence-electron chi connectivity index (χ0n) is 11.8. The molecular formula is C14H17NO5. The molecule has 1 aliphatic rings. The highest BCUT2D eigenvalue weighted by atomic mass is 16.5. The van der Waals surface area contributed by atoms with Crippen LogP contribution in [-0.2, 0) is 9.47 Å². The molecule has 0 aromatic carbocycles. The van der Waals surface area contributed by atoms with Gasteiger partial charge in [0, 0.05) is 11.7 Å². The van der Waals surface area contributed by atoms with Crippen LogP contribution in [0.5, 0.6) is 0 Å². The van der Waals surface area contributed by atoms with Crippen LogP contribution in [0.4, 0.5) is 0 Å². The topological polar surface area (TPSA) is 74.6 Å². The molecule has 0 atom stereocenters. The Morgan fingerprint density at radius 1 is 1.30 bits per heavy atom. The second kappa shape index (κ2) is 5.48. The minimum Gasteiger partial charge on any atom is -0.465 e. The fourth-order valence-electron chi connectivity index (χ4n) is 2.17. The quantitative estimate of drug-likeness (QED) is 0.780. The summed E-state index contributed by atoms with van der Waals surface area (Å²) in [4.78, 5) is 36.0. The van der Waals surface area contributed by atoms with Crippen molar-refractivity contribution in [3.8, 4) is 0 Å². The minimum absolute atomic E-state index is 0.0558. The summed E-state index contributed by atoms with van der Waals surface area (Å²) in [5, 5.41) is 0. The van der Waals surface area contributed by atoms with Gasteiger partial charge in [0.25, 0.3) is 5.56 Å². The predicted molar refractivity (Wildman–Crippen MR) is 71.0 cm³/mol. The SMILES string of the molecule is CCOC(=O)c1cc(C(=O)OC)c(C)n(C2CC2)c1=O. The second-order valence-electron chi connectivity index (χ2n) is 4.68. The molecule has 108 valence electrons. The van der Waals surface area contributed by atoms with Crippen molar-refractivity contribution in [2.45, 2.75) is 32.7 Å². The molecular weight excluding hydrogens is 262 g/mol. The van der Waals surface area contributed by atoms with E-state index >= 15 is 0 Å². The lowest BCUT2D eigenvalue weighted by Crippen LogP contribution is -2.30. The van der Waals surface area contributed by atoms with Crippen molar-refractivity contribution in [1.82, 2.24) is 4.57 Å². The van der Waals surface area contributed by atoms with Crippen LogP contribution in [0.3, 0.4) is 0 Å². The fraction of sp³-hybridized carbons (Fsp3) is 0.500. The Bertz CT molecular complexity index is 613. The van der Waals surface area contributed by atoms with E-state index < -0.39 is 17.5 Å². The molecule has 1 aromatic rings. The highest BCUT2D eigenvalue weighted by Gasteiger charge is 2.31. The van der Waals surface area contributed by atoms with Gasteiger partial charge in [0.05, 0.1) is 19.3 Å². The van der Waals surface area contributed by atoms with Crippen molar-refractivity contribution >= 4 is 11.9 Å². The lowest BCUT2D eigenvalue weighted by atomic mass is 10.1. The maximum Gasteiger partial charge on any atom is 0.343 e. The third kappa shape index (κ3) is 2.45. The first-order valence-electron chi connectivity index (χ1n) is 6.52. The lowest BCUT2D eigenvalue weighted by molar-refractivity contribution is 0.0523. The Morgan fingerprint density at radius 3 is 2.45 bits per heavy atom. The van der Waals surface area contributed by atoms with Gasteiger partial charge in [-0.15, -0.1) is 0 Å². The molecule has 1 heterocycles. The van der Waals surface area contributed by atoms with Gasteiger partial charge in [-0.25, -0.2) is 9.59 Å². The molecule has 0 unspecified atom stereocenters. The number of esters is 2. The first kappa shape index (κ1) is 14.3. The van der Waals surface area contributed by atoms with E-state index in [2.05, 4.69) is 0 Å². The van der Waals surface area contributed by atoms with Crippen LogP contribution in [0, 0.1) is 6.92 Å². The molecule has 2 rings (SSSR count). The number of pyridine rings is 1. The molecule has 1 fully saturated rings. The summed E-state index contributed by atoms with van der Waals surface area (Å²) in [6.07, 6.45) is 1.74. The standard InChI is InChI=1S/C14H17NO5/c1-4-20-14(18)11-7-10(13(17)19-3)8(2)15(12(11)16)9-5-6-9/h7,9H,4-6H2,1-3H3. The van der Waals surface area contributed by atoms with Gasteiger partial charge in [-0.05, 0) is 32.8 Å². The number of methoxy groups -OCH3 is 1. The summed E-state index contributed by atoms with van der Waals surface area (Å²) in [7, 11) is 1.26. The average molecular weight is 279 g/mol. The highest BCUT2D eigenvalue weighted by molar-refractivity contribution is 5.95. The summed E-state index contributed by atoms with van der Waals surface area (Å²) in [6.45, 7) is 3.51. The number of aromatic nitrogens is 1. The largest absolute Gasteiger partial charge is 0.465 e. The molecule has 1 aliphatic carbocycles. The van der Waals surface area contributed by atoms with E-state index in [1.165, 1.54) is 17.7 Å². The van der Waals surface area contributed by atoms with Gasteiger partial charge in [-0.1, -0.05) is 0 Å². The Hall–Kier alpha value is -2.11. The molecule has 6 heteroatoms. The molecule has 0 bridgehead atoms. The third-order valence-corrected chi connectivity index (χ3v) is 3.30. The first-order chi connectivity index (χ1) is 9.51. The summed E-state index contributed by atoms with van der Waals surface area (Å²) in [6, 6.07) is 1.32. The highest BCUT2D eigenvalue weighted by Crippen LogP contribution is 2.35. The molecule has 0 amide bonds. The van der Waals surface area contributed by atoms with Gasteiger partial charge in [0.15, 0.2) is 0 Å². The zero-order valence-corrected chi connectivity index (χ0v) is 11.8. The molecule has 1 aromatic heterocycles. The van der Waals surface area contributed by atoms with Crippen LogP contribution >= 0.6 is 0 Å². The fourth-order valence-corrected chi connectivity index (χ4v) is 2.17. The summed E-state index contributed by atoms with van der Waals surface area (Å²) in [5.74, 6) is -1.28. The van der Waals surface area contributed by atoms with E-state index in [1.54, 1.807) is 13.8 Å². The van der Waals surface area contributed by atoms with Gasteiger partial charge < -0.3 is 14.0 Å². The van der Waals surface area contributed by atoms with Crippen molar-refractivity contribution in [3.63, 3.8) is 0 Å². The van der Waals surface area contributed by atoms with E-state index in [0.29, 0.717) is 5.69 Å². The number of nitrogens with zero attached hydrogens (tertiary/aromatic N) is 1. The van der Waals surface area contributed by atoms with Crippen molar-refractivity contribution < 1.29 is 19.1 Å². The van der Waals surface area contributed by atoms with E-state index in [0.717, 1.165) is 12.8 Å². The Morgan fingerprint density at radius 2 is 1.95 bits per heavy atom. The first-order valence-corrected chi connectivity index (χ1v) is 6.52. The predicted octanol–water partition coefficient (Wildman–Crippen LogP) is 1.45. The number of carbonyl (C=O) groups excluding carboxylic acids is 2. The average Bonchev–Trinajstić information content (AvgIpc) is 3.23. The normalized spacial score (nSPS) is 13.9. The molecule has 6 nitrogen and oxygen atoms in total. The van der Waals surface area contributed by atoms with Crippen LogP contribution in [-0.4, -0.2) is 30.2 Å². The number of rotatable bonds is 4. The molecule has 1 saturated carbocycles. The van der Waals surface area contributed by atoms with Gasteiger partial charge in [0.1, 0.15) is 5.56 Å². The van der Waals surface area contributed by atoms with E-state index in [1.807, 2.05) is 0 Å². The molecule has 0 aliphatic heterocycles. The zero-order chi connectivity index (χ0) is 14.9. The monoisotopic (exact) mass is 279 g/mol. The molecule has 0 spiro atoms. The van der Waals surface area contributed by atoms with Crippen LogP contribution in [0.25, 0.3) is 0 Å². The lowest BCUT2D eigenvalue weighted by Gasteiger charge is -2.14. The number of ether oxygens (including phenoxy) is 2. The van der Waals surface area contributed by atoms with E-state index in [4.69, 9.17) is 9.47 Å². The van der Waals surface area contributed by atoms with Crippen molar-refractivity contribution in [1.29, 1.82) is 0 Å². The number of carbonyl (C=O) groups is 2. The Labute approximate surface area is 116 Å². The van der Waals surface area contributed by atoms with Crippen molar-refractivity contribution in [2.75, 3.05) is 13.7 Å². The number of hydrogen-bond donors (Lipinski definition) is 0. The van der Waals surface area contributed by atoms with Gasteiger partial charge in [-0.3, -0.25) is 4.79 Å². The van der Waals surface area contributed by atoms with Crippen molar-refractivity contribution in [3.05, 3.63) is 33.2 Å². The van der Waals surface area contributed by atoms with Gasteiger partial charge >= 0.3 is 11.9 Å². The molecule has 0 radical (unpaired) electrons. The summed E-state index contributed by atoms with van der Waals surface area (Å²) < 4.78 is 11.1. The molecule has 20 heavy (non-hydrogen) atoms. The number of hydrogen-bond acceptors (Lipinski definition) is 5. The Balaban J connectivity index is 2.63. The smallest absolute Gasteiger partial charge is 0.343 e. The maximum atomic E-state index is 12.4. The summed E-state index contributed by atoms with van der Waals surface area (Å²) in [5.41, 5.74) is 0.223. The molecule has 0 N–H and O–H groups in total. The third-order valence-electron chi connectivity index (χ3n) is 3.30. The second-order valence-corrected chi connectivity index (χ2v) is 4.68. The van der Waals surface area contributed by atoms with Crippen molar-refractivity contribution in [2.24, 2.45) is 0 Å². The van der Waals surface area contributed by atoms with Gasteiger partial charge in [0.2, 0.25) is 0 Å². The van der Waals surface area contributed by atoms with Crippen LogP contribution in [0.2, 0.25) is 0 Å². The van der Waals surface area contributed by atoms with Gasteiger partial charge in [-0.2, -0.15) is 0 Å².